The minimum atomic E-state index is -0.266. The van der Waals surface area contributed by atoms with Crippen LogP contribution in [0.1, 0.15) is 25.5 Å². The number of urea groups is 1. The van der Waals surface area contributed by atoms with Crippen LogP contribution in [-0.4, -0.2) is 20.8 Å². The highest BCUT2D eigenvalue weighted by Crippen LogP contribution is 2.24. The van der Waals surface area contributed by atoms with Crippen molar-refractivity contribution in [1.82, 2.24) is 20.1 Å². The van der Waals surface area contributed by atoms with Crippen LogP contribution in [0.15, 0.2) is 60.9 Å². The van der Waals surface area contributed by atoms with Gasteiger partial charge in [-0.15, -0.1) is 0 Å². The highest BCUT2D eigenvalue weighted by atomic mass is 16.2. The van der Waals surface area contributed by atoms with E-state index in [1.807, 2.05) is 67.1 Å². The second kappa shape index (κ2) is 7.61. The fourth-order valence-electron chi connectivity index (χ4n) is 2.47. The topological polar surface area (TPSA) is 71.8 Å². The van der Waals surface area contributed by atoms with Crippen molar-refractivity contribution in [3.8, 4) is 11.3 Å². The van der Waals surface area contributed by atoms with Crippen LogP contribution in [0.3, 0.4) is 0 Å². The second-order valence-electron chi connectivity index (χ2n) is 5.98. The molecule has 0 aliphatic rings. The van der Waals surface area contributed by atoms with Crippen molar-refractivity contribution in [2.75, 3.05) is 5.32 Å². The Balaban J connectivity index is 1.72. The molecule has 0 saturated heterocycles. The predicted octanol–water partition coefficient (Wildman–Crippen LogP) is 3.85. The molecule has 2 heterocycles. The minimum Gasteiger partial charge on any atom is -0.334 e. The van der Waals surface area contributed by atoms with E-state index in [-0.39, 0.29) is 12.1 Å². The van der Waals surface area contributed by atoms with Crippen molar-refractivity contribution in [3.63, 3.8) is 0 Å². The Morgan fingerprint density at radius 1 is 1.12 bits per heavy atom. The molecule has 0 radical (unpaired) electrons. The molecule has 1 aromatic carbocycles. The van der Waals surface area contributed by atoms with Gasteiger partial charge in [0.2, 0.25) is 0 Å². The van der Waals surface area contributed by atoms with Crippen LogP contribution in [-0.2, 0) is 6.54 Å². The lowest BCUT2D eigenvalue weighted by molar-refractivity contribution is 0.251. The van der Waals surface area contributed by atoms with Gasteiger partial charge < -0.3 is 5.32 Å². The van der Waals surface area contributed by atoms with Crippen molar-refractivity contribution < 1.29 is 4.79 Å². The standard InChI is InChI=1S/C19H21N5O/c1-14(2)24-18(12-17(23-24)16-6-4-3-5-7-16)22-19(25)21-13-15-8-10-20-11-9-15/h3-12,14H,13H2,1-2H3,(H2,21,22,25). The summed E-state index contributed by atoms with van der Waals surface area (Å²) >= 11 is 0. The molecule has 0 aliphatic heterocycles. The summed E-state index contributed by atoms with van der Waals surface area (Å²) in [7, 11) is 0. The Labute approximate surface area is 146 Å². The summed E-state index contributed by atoms with van der Waals surface area (Å²) in [5.74, 6) is 0.668. The van der Waals surface area contributed by atoms with Gasteiger partial charge in [-0.25, -0.2) is 9.48 Å². The van der Waals surface area contributed by atoms with E-state index in [0.717, 1.165) is 16.8 Å². The minimum absolute atomic E-state index is 0.132. The lowest BCUT2D eigenvalue weighted by Gasteiger charge is -2.12. The maximum atomic E-state index is 12.2. The van der Waals surface area contributed by atoms with E-state index in [1.165, 1.54) is 0 Å². The number of nitrogens with zero attached hydrogens (tertiary/aromatic N) is 3. The first kappa shape index (κ1) is 16.7. The van der Waals surface area contributed by atoms with Crippen molar-refractivity contribution in [2.24, 2.45) is 0 Å². The van der Waals surface area contributed by atoms with Gasteiger partial charge in [0.1, 0.15) is 5.82 Å². The third-order valence-corrected chi connectivity index (χ3v) is 3.74. The van der Waals surface area contributed by atoms with Crippen LogP contribution >= 0.6 is 0 Å². The molecule has 2 amide bonds. The molecule has 0 aliphatic carbocycles. The summed E-state index contributed by atoms with van der Waals surface area (Å²) in [6.07, 6.45) is 3.41. The summed E-state index contributed by atoms with van der Waals surface area (Å²) < 4.78 is 1.81. The summed E-state index contributed by atoms with van der Waals surface area (Å²) in [4.78, 5) is 16.2. The number of carbonyl (C=O) groups is 1. The van der Waals surface area contributed by atoms with Gasteiger partial charge in [-0.2, -0.15) is 5.10 Å². The van der Waals surface area contributed by atoms with Gasteiger partial charge in [-0.1, -0.05) is 30.3 Å². The zero-order valence-electron chi connectivity index (χ0n) is 14.3. The molecule has 3 aromatic rings. The molecule has 6 nitrogen and oxygen atoms in total. The second-order valence-corrected chi connectivity index (χ2v) is 5.98. The van der Waals surface area contributed by atoms with E-state index in [2.05, 4.69) is 20.7 Å². The van der Waals surface area contributed by atoms with Crippen LogP contribution in [0.2, 0.25) is 0 Å². The van der Waals surface area contributed by atoms with Crippen LogP contribution in [0.5, 0.6) is 0 Å². The molecule has 6 heteroatoms. The molecule has 0 fully saturated rings. The van der Waals surface area contributed by atoms with Crippen molar-refractivity contribution in [1.29, 1.82) is 0 Å². The normalized spacial score (nSPS) is 10.7. The van der Waals surface area contributed by atoms with Gasteiger partial charge in [0, 0.05) is 36.6 Å². The van der Waals surface area contributed by atoms with Gasteiger partial charge in [-0.3, -0.25) is 10.3 Å². The molecular formula is C19H21N5O. The lowest BCUT2D eigenvalue weighted by Crippen LogP contribution is -2.29. The zero-order chi connectivity index (χ0) is 17.6. The Kier molecular flexibility index (Phi) is 5.09. The largest absolute Gasteiger partial charge is 0.334 e. The maximum Gasteiger partial charge on any atom is 0.320 e. The van der Waals surface area contributed by atoms with Gasteiger partial charge in [0.05, 0.1) is 5.69 Å². The molecule has 0 saturated carbocycles. The van der Waals surface area contributed by atoms with Crippen LogP contribution < -0.4 is 10.6 Å². The highest BCUT2D eigenvalue weighted by molar-refractivity contribution is 5.89. The Bertz CT molecular complexity index is 828. The predicted molar refractivity (Wildman–Crippen MR) is 98.1 cm³/mol. The number of nitrogens with one attached hydrogen (secondary N) is 2. The number of anilines is 1. The number of hydrogen-bond acceptors (Lipinski definition) is 3. The van der Waals surface area contributed by atoms with E-state index < -0.39 is 0 Å². The average Bonchev–Trinajstić information content (AvgIpc) is 3.06. The van der Waals surface area contributed by atoms with Gasteiger partial charge in [0.25, 0.3) is 0 Å². The monoisotopic (exact) mass is 335 g/mol. The third-order valence-electron chi connectivity index (χ3n) is 3.74. The molecule has 2 aromatic heterocycles. The van der Waals surface area contributed by atoms with E-state index in [0.29, 0.717) is 12.4 Å². The van der Waals surface area contributed by atoms with E-state index in [4.69, 9.17) is 0 Å². The van der Waals surface area contributed by atoms with Gasteiger partial charge in [-0.05, 0) is 31.5 Å². The molecule has 128 valence electrons. The number of amides is 2. The quantitative estimate of drug-likeness (QED) is 0.744. The van der Waals surface area contributed by atoms with Crippen LogP contribution in [0.4, 0.5) is 10.6 Å². The van der Waals surface area contributed by atoms with Crippen molar-refractivity contribution in [2.45, 2.75) is 26.4 Å². The van der Waals surface area contributed by atoms with Crippen LogP contribution in [0, 0.1) is 0 Å². The van der Waals surface area contributed by atoms with Gasteiger partial charge in [0.15, 0.2) is 0 Å². The number of aromatic nitrogens is 3. The molecule has 0 spiro atoms. The summed E-state index contributed by atoms with van der Waals surface area (Å²) in [5, 5.41) is 10.3. The van der Waals surface area contributed by atoms with E-state index >= 15 is 0 Å². The Morgan fingerprint density at radius 3 is 2.52 bits per heavy atom. The Morgan fingerprint density at radius 2 is 1.84 bits per heavy atom. The number of pyridine rings is 1. The smallest absolute Gasteiger partial charge is 0.320 e. The number of hydrogen-bond donors (Lipinski definition) is 2. The third kappa shape index (κ3) is 4.23. The number of carbonyl (C=O) groups excluding carboxylic acids is 1. The molecule has 0 unspecified atom stereocenters. The van der Waals surface area contributed by atoms with Gasteiger partial charge >= 0.3 is 6.03 Å². The molecule has 2 N–H and O–H groups in total. The highest BCUT2D eigenvalue weighted by Gasteiger charge is 2.14. The summed E-state index contributed by atoms with van der Waals surface area (Å²) in [6.45, 7) is 4.50. The first-order chi connectivity index (χ1) is 12.1. The summed E-state index contributed by atoms with van der Waals surface area (Å²) in [6, 6.07) is 15.4. The fourth-order valence-corrected chi connectivity index (χ4v) is 2.47. The van der Waals surface area contributed by atoms with Crippen molar-refractivity contribution in [3.05, 3.63) is 66.5 Å². The first-order valence-corrected chi connectivity index (χ1v) is 8.22. The Hall–Kier alpha value is -3.15. The number of rotatable bonds is 5. The first-order valence-electron chi connectivity index (χ1n) is 8.22. The van der Waals surface area contributed by atoms with E-state index in [9.17, 15) is 4.79 Å². The molecule has 3 rings (SSSR count). The average molecular weight is 335 g/mol. The lowest BCUT2D eigenvalue weighted by atomic mass is 10.2. The molecule has 0 atom stereocenters. The molecule has 25 heavy (non-hydrogen) atoms. The molecular weight excluding hydrogens is 314 g/mol. The number of benzene rings is 1. The zero-order valence-corrected chi connectivity index (χ0v) is 14.3. The molecule has 0 bridgehead atoms. The fraction of sp³-hybridized carbons (Fsp3) is 0.211. The summed E-state index contributed by atoms with van der Waals surface area (Å²) in [5.41, 5.74) is 2.84. The van der Waals surface area contributed by atoms with Crippen molar-refractivity contribution >= 4 is 11.8 Å². The van der Waals surface area contributed by atoms with Crippen LogP contribution in [0.25, 0.3) is 11.3 Å². The SMILES string of the molecule is CC(C)n1nc(-c2ccccc2)cc1NC(=O)NCc1ccncc1. The maximum absolute atomic E-state index is 12.2. The van der Waals surface area contributed by atoms with E-state index in [1.54, 1.807) is 12.4 Å².